The van der Waals surface area contributed by atoms with Gasteiger partial charge in [0.05, 0.1) is 12.8 Å². The molecule has 1 aromatic rings. The van der Waals surface area contributed by atoms with Crippen LogP contribution in [0.3, 0.4) is 0 Å². The van der Waals surface area contributed by atoms with Gasteiger partial charge in [0, 0.05) is 0 Å². The Kier molecular flexibility index (Phi) is 2.36. The van der Waals surface area contributed by atoms with Crippen LogP contribution < -0.4 is 10.5 Å². The number of aromatic carboxylic acids is 1. The first-order chi connectivity index (χ1) is 6.07. The SMILES string of the molecule is COc1c(C(=O)O)ccc(N)c1F. The number of halogens is 1. The number of hydrogen-bond acceptors (Lipinski definition) is 3. The summed E-state index contributed by atoms with van der Waals surface area (Å²) in [5.41, 5.74) is 4.84. The molecule has 1 aromatic carbocycles. The van der Waals surface area contributed by atoms with Crippen LogP contribution in [0.4, 0.5) is 10.1 Å². The standard InChI is InChI=1S/C8H8FNO3/c1-13-7-4(8(11)12)2-3-5(10)6(7)9/h2-3H,10H2,1H3,(H,11,12). The second kappa shape index (κ2) is 3.30. The number of anilines is 1. The Hall–Kier alpha value is -1.78. The van der Waals surface area contributed by atoms with Crippen molar-refractivity contribution in [1.82, 2.24) is 0 Å². The lowest BCUT2D eigenvalue weighted by atomic mass is 10.1. The van der Waals surface area contributed by atoms with Crippen LogP contribution in [0.15, 0.2) is 12.1 Å². The molecule has 0 aromatic heterocycles. The third kappa shape index (κ3) is 1.53. The largest absolute Gasteiger partial charge is 0.493 e. The van der Waals surface area contributed by atoms with Crippen molar-refractivity contribution in [3.63, 3.8) is 0 Å². The monoisotopic (exact) mass is 185 g/mol. The van der Waals surface area contributed by atoms with Gasteiger partial charge >= 0.3 is 5.97 Å². The molecule has 0 aliphatic carbocycles. The number of methoxy groups -OCH3 is 1. The van der Waals surface area contributed by atoms with Crippen LogP contribution in [-0.2, 0) is 0 Å². The number of benzene rings is 1. The summed E-state index contributed by atoms with van der Waals surface area (Å²) in [7, 11) is 1.18. The van der Waals surface area contributed by atoms with Gasteiger partial charge in [-0.1, -0.05) is 0 Å². The Bertz CT molecular complexity index is 351. The van der Waals surface area contributed by atoms with Crippen LogP contribution >= 0.6 is 0 Å². The van der Waals surface area contributed by atoms with Crippen molar-refractivity contribution < 1.29 is 19.0 Å². The van der Waals surface area contributed by atoms with Gasteiger partial charge in [-0.25, -0.2) is 9.18 Å². The highest BCUT2D eigenvalue weighted by Gasteiger charge is 2.16. The van der Waals surface area contributed by atoms with E-state index < -0.39 is 11.8 Å². The summed E-state index contributed by atoms with van der Waals surface area (Å²) in [5, 5.41) is 8.62. The number of rotatable bonds is 2. The summed E-state index contributed by atoms with van der Waals surface area (Å²) < 4.78 is 17.7. The molecule has 0 saturated heterocycles. The van der Waals surface area contributed by atoms with E-state index >= 15 is 0 Å². The van der Waals surface area contributed by atoms with Gasteiger partial charge in [0.2, 0.25) is 0 Å². The smallest absolute Gasteiger partial charge is 0.339 e. The van der Waals surface area contributed by atoms with Gasteiger partial charge in [0.25, 0.3) is 0 Å². The molecule has 70 valence electrons. The molecule has 1 rings (SSSR count). The van der Waals surface area contributed by atoms with Gasteiger partial charge in [0.1, 0.15) is 5.56 Å². The fourth-order valence-electron chi connectivity index (χ4n) is 0.939. The number of nitrogens with two attached hydrogens (primary N) is 1. The first kappa shape index (κ1) is 9.31. The van der Waals surface area contributed by atoms with Crippen LogP contribution in [0, 0.1) is 5.82 Å². The Balaban J connectivity index is 3.38. The summed E-state index contributed by atoms with van der Waals surface area (Å²) in [4.78, 5) is 10.6. The number of nitrogen functional groups attached to an aromatic ring is 1. The molecule has 5 heteroatoms. The van der Waals surface area contributed by atoms with Crippen molar-refractivity contribution in [1.29, 1.82) is 0 Å². The molecule has 0 amide bonds. The van der Waals surface area contributed by atoms with Crippen molar-refractivity contribution in [2.24, 2.45) is 0 Å². The molecule has 0 atom stereocenters. The number of carboxylic acid groups (broad SMARTS) is 1. The molecule has 4 nitrogen and oxygen atoms in total. The third-order valence-corrected chi connectivity index (χ3v) is 1.56. The molecule has 3 N–H and O–H groups in total. The maximum atomic E-state index is 13.1. The zero-order chi connectivity index (χ0) is 10.0. The van der Waals surface area contributed by atoms with Gasteiger partial charge in [0.15, 0.2) is 11.6 Å². The molecular weight excluding hydrogens is 177 g/mol. The first-order valence-corrected chi connectivity index (χ1v) is 3.43. The fraction of sp³-hybridized carbons (Fsp3) is 0.125. The normalized spacial score (nSPS) is 9.69. The highest BCUT2D eigenvalue weighted by atomic mass is 19.1. The van der Waals surface area contributed by atoms with Crippen molar-refractivity contribution >= 4 is 11.7 Å². The number of carbonyl (C=O) groups is 1. The Morgan fingerprint density at radius 3 is 2.69 bits per heavy atom. The zero-order valence-corrected chi connectivity index (χ0v) is 6.87. The average Bonchev–Trinajstić information content (AvgIpc) is 2.09. The minimum absolute atomic E-state index is 0.137. The molecule has 0 fully saturated rings. The van der Waals surface area contributed by atoms with Crippen LogP contribution in [0.2, 0.25) is 0 Å². The van der Waals surface area contributed by atoms with E-state index in [0.717, 1.165) is 0 Å². The molecular formula is C8H8FNO3. The van der Waals surface area contributed by atoms with Gasteiger partial charge < -0.3 is 15.6 Å². The molecule has 0 spiro atoms. The van der Waals surface area contributed by atoms with Gasteiger partial charge in [-0.2, -0.15) is 0 Å². The molecule has 0 aliphatic heterocycles. The molecule has 13 heavy (non-hydrogen) atoms. The van der Waals surface area contributed by atoms with E-state index in [-0.39, 0.29) is 17.0 Å². The van der Waals surface area contributed by atoms with Gasteiger partial charge in [-0.3, -0.25) is 0 Å². The Morgan fingerprint density at radius 2 is 2.23 bits per heavy atom. The molecule has 0 unspecified atom stereocenters. The van der Waals surface area contributed by atoms with Crippen LogP contribution in [0.1, 0.15) is 10.4 Å². The van der Waals surface area contributed by atoms with E-state index in [9.17, 15) is 9.18 Å². The lowest BCUT2D eigenvalue weighted by Crippen LogP contribution is -2.04. The van der Waals surface area contributed by atoms with Crippen molar-refractivity contribution in [3.8, 4) is 5.75 Å². The van der Waals surface area contributed by atoms with E-state index in [1.807, 2.05) is 0 Å². The summed E-state index contributed by atoms with van der Waals surface area (Å²) in [5.74, 6) is -2.44. The molecule has 0 saturated carbocycles. The lowest BCUT2D eigenvalue weighted by molar-refractivity contribution is 0.0692. The van der Waals surface area contributed by atoms with Crippen LogP contribution in [-0.4, -0.2) is 18.2 Å². The molecule has 0 aliphatic rings. The fourth-order valence-corrected chi connectivity index (χ4v) is 0.939. The van der Waals surface area contributed by atoms with Crippen molar-refractivity contribution in [2.75, 3.05) is 12.8 Å². The molecule has 0 heterocycles. The number of ether oxygens (including phenoxy) is 1. The topological polar surface area (TPSA) is 72.5 Å². The van der Waals surface area contributed by atoms with Crippen molar-refractivity contribution in [3.05, 3.63) is 23.5 Å². The first-order valence-electron chi connectivity index (χ1n) is 3.43. The van der Waals surface area contributed by atoms with Crippen molar-refractivity contribution in [2.45, 2.75) is 0 Å². The Labute approximate surface area is 73.7 Å². The predicted octanol–water partition coefficient (Wildman–Crippen LogP) is 1.11. The van der Waals surface area contributed by atoms with E-state index in [1.165, 1.54) is 19.2 Å². The van der Waals surface area contributed by atoms with E-state index in [0.29, 0.717) is 0 Å². The highest BCUT2D eigenvalue weighted by Crippen LogP contribution is 2.26. The summed E-state index contributed by atoms with van der Waals surface area (Å²) >= 11 is 0. The zero-order valence-electron chi connectivity index (χ0n) is 6.87. The maximum Gasteiger partial charge on any atom is 0.339 e. The molecule has 0 radical (unpaired) electrons. The van der Waals surface area contributed by atoms with E-state index in [4.69, 9.17) is 10.8 Å². The minimum atomic E-state index is -1.25. The molecule has 0 bridgehead atoms. The average molecular weight is 185 g/mol. The van der Waals surface area contributed by atoms with Gasteiger partial charge in [-0.15, -0.1) is 0 Å². The van der Waals surface area contributed by atoms with E-state index in [2.05, 4.69) is 4.74 Å². The predicted molar refractivity (Wildman–Crippen MR) is 44.3 cm³/mol. The second-order valence-corrected chi connectivity index (χ2v) is 2.35. The van der Waals surface area contributed by atoms with Crippen LogP contribution in [0.5, 0.6) is 5.75 Å². The quantitative estimate of drug-likeness (QED) is 0.677. The van der Waals surface area contributed by atoms with Gasteiger partial charge in [-0.05, 0) is 12.1 Å². The summed E-state index contributed by atoms with van der Waals surface area (Å²) in [6.45, 7) is 0. The Morgan fingerprint density at radius 1 is 1.62 bits per heavy atom. The number of hydrogen-bond donors (Lipinski definition) is 2. The summed E-state index contributed by atoms with van der Waals surface area (Å²) in [6, 6.07) is 2.38. The van der Waals surface area contributed by atoms with Crippen LogP contribution in [0.25, 0.3) is 0 Å². The number of carboxylic acids is 1. The minimum Gasteiger partial charge on any atom is -0.493 e. The maximum absolute atomic E-state index is 13.1. The summed E-state index contributed by atoms with van der Waals surface area (Å²) in [6.07, 6.45) is 0. The second-order valence-electron chi connectivity index (χ2n) is 2.35. The lowest BCUT2D eigenvalue weighted by Gasteiger charge is -2.06. The van der Waals surface area contributed by atoms with E-state index in [1.54, 1.807) is 0 Å². The highest BCUT2D eigenvalue weighted by molar-refractivity contribution is 5.91. The third-order valence-electron chi connectivity index (χ3n) is 1.56.